The largest absolute Gasteiger partial charge is 0.469 e. The Morgan fingerprint density at radius 3 is 2.85 bits per heavy atom. The van der Waals surface area contributed by atoms with E-state index in [1.807, 2.05) is 24.3 Å². The first-order valence-corrected chi connectivity index (χ1v) is 7.48. The number of thioether (sulfide) groups is 1. The van der Waals surface area contributed by atoms with Gasteiger partial charge < -0.3 is 15.8 Å². The van der Waals surface area contributed by atoms with Crippen LogP contribution in [-0.2, 0) is 20.1 Å². The van der Waals surface area contributed by atoms with Crippen LogP contribution < -0.4 is 11.1 Å². The average Bonchev–Trinajstić information content (AvgIpc) is 2.43. The fourth-order valence-electron chi connectivity index (χ4n) is 1.44. The summed E-state index contributed by atoms with van der Waals surface area (Å²) in [6, 6.07) is 7.06. The van der Waals surface area contributed by atoms with Crippen molar-refractivity contribution in [2.24, 2.45) is 5.73 Å². The molecule has 110 valence electrons. The topological polar surface area (TPSA) is 81.4 Å². The van der Waals surface area contributed by atoms with E-state index in [4.69, 9.17) is 5.73 Å². The van der Waals surface area contributed by atoms with E-state index in [1.54, 1.807) is 18.7 Å². The maximum absolute atomic E-state index is 11.5. The van der Waals surface area contributed by atoms with Crippen molar-refractivity contribution in [1.82, 2.24) is 0 Å². The van der Waals surface area contributed by atoms with Gasteiger partial charge in [-0.3, -0.25) is 9.59 Å². The number of hydrogen-bond acceptors (Lipinski definition) is 5. The summed E-state index contributed by atoms with van der Waals surface area (Å²) in [5.41, 5.74) is 7.32. The van der Waals surface area contributed by atoms with Gasteiger partial charge in [-0.05, 0) is 24.6 Å². The van der Waals surface area contributed by atoms with Crippen LogP contribution in [0.5, 0.6) is 0 Å². The molecule has 1 rings (SSSR count). The summed E-state index contributed by atoms with van der Waals surface area (Å²) < 4.78 is 4.58. The van der Waals surface area contributed by atoms with E-state index in [1.165, 1.54) is 7.11 Å². The molecule has 20 heavy (non-hydrogen) atoms. The van der Waals surface area contributed by atoms with E-state index in [2.05, 4.69) is 10.1 Å². The minimum atomic E-state index is -0.534. The molecule has 0 radical (unpaired) electrons. The van der Waals surface area contributed by atoms with Crippen LogP contribution in [0.15, 0.2) is 24.3 Å². The van der Waals surface area contributed by atoms with Crippen LogP contribution in [-0.4, -0.2) is 30.8 Å². The van der Waals surface area contributed by atoms with Gasteiger partial charge in [-0.15, -0.1) is 0 Å². The molecule has 0 aliphatic rings. The molecule has 1 amide bonds. The third kappa shape index (κ3) is 6.08. The zero-order chi connectivity index (χ0) is 15.0. The number of hydrogen-bond donors (Lipinski definition) is 2. The summed E-state index contributed by atoms with van der Waals surface area (Å²) in [5.74, 6) is 1.08. The van der Waals surface area contributed by atoms with Crippen molar-refractivity contribution in [3.8, 4) is 0 Å². The Hall–Kier alpha value is -1.53. The molecule has 0 aliphatic carbocycles. The minimum absolute atomic E-state index is 0.199. The predicted molar refractivity (Wildman–Crippen MR) is 81.5 cm³/mol. The van der Waals surface area contributed by atoms with E-state index >= 15 is 0 Å². The molecule has 0 heterocycles. The van der Waals surface area contributed by atoms with Gasteiger partial charge in [-0.25, -0.2) is 0 Å². The van der Waals surface area contributed by atoms with E-state index in [-0.39, 0.29) is 11.9 Å². The van der Waals surface area contributed by atoms with Crippen molar-refractivity contribution in [2.45, 2.75) is 25.1 Å². The predicted octanol–water partition coefficient (Wildman–Crippen LogP) is 1.77. The summed E-state index contributed by atoms with van der Waals surface area (Å²) in [5, 5.41) is 2.75. The molecule has 0 unspecified atom stereocenters. The highest BCUT2D eigenvalue weighted by Gasteiger charge is 2.07. The van der Waals surface area contributed by atoms with E-state index < -0.39 is 6.04 Å². The number of benzene rings is 1. The van der Waals surface area contributed by atoms with Crippen LogP contribution in [0.2, 0.25) is 0 Å². The van der Waals surface area contributed by atoms with Crippen molar-refractivity contribution in [3.05, 3.63) is 29.8 Å². The fraction of sp³-hybridized carbons (Fsp3) is 0.429. The summed E-state index contributed by atoms with van der Waals surface area (Å²) >= 11 is 1.65. The number of carbonyl (C=O) groups excluding carboxylic acids is 2. The van der Waals surface area contributed by atoms with Crippen molar-refractivity contribution >= 4 is 29.3 Å². The standard InChI is InChI=1S/C14H20N2O3S/c1-10(15)14(18)16-12-5-3-4-11(8-12)9-20-7-6-13(17)19-2/h3-5,8,10H,6-7,9,15H2,1-2H3,(H,16,18)/t10-/m0/s1. The monoisotopic (exact) mass is 296 g/mol. The van der Waals surface area contributed by atoms with Gasteiger partial charge in [0.1, 0.15) is 0 Å². The smallest absolute Gasteiger partial charge is 0.306 e. The summed E-state index contributed by atoms with van der Waals surface area (Å²) in [6.07, 6.45) is 0.405. The van der Waals surface area contributed by atoms with Crippen molar-refractivity contribution in [2.75, 3.05) is 18.2 Å². The SMILES string of the molecule is COC(=O)CCSCc1cccc(NC(=O)[C@H](C)N)c1. The molecule has 1 aromatic carbocycles. The molecule has 0 saturated heterocycles. The number of esters is 1. The van der Waals surface area contributed by atoms with Crippen LogP contribution in [0.25, 0.3) is 0 Å². The fourth-order valence-corrected chi connectivity index (χ4v) is 2.31. The maximum Gasteiger partial charge on any atom is 0.306 e. The van der Waals surface area contributed by atoms with Crippen LogP contribution >= 0.6 is 11.8 Å². The summed E-state index contributed by atoms with van der Waals surface area (Å²) in [7, 11) is 1.39. The Bertz CT molecular complexity index is 463. The Morgan fingerprint density at radius 1 is 1.45 bits per heavy atom. The second-order valence-electron chi connectivity index (χ2n) is 4.36. The maximum atomic E-state index is 11.5. The third-order valence-electron chi connectivity index (χ3n) is 2.56. The summed E-state index contributed by atoms with van der Waals surface area (Å²) in [4.78, 5) is 22.5. The Kier molecular flexibility index (Phi) is 7.11. The lowest BCUT2D eigenvalue weighted by Gasteiger charge is -2.09. The molecule has 1 atom stereocenters. The van der Waals surface area contributed by atoms with Gasteiger partial charge in [0.25, 0.3) is 0 Å². The number of ether oxygens (including phenoxy) is 1. The van der Waals surface area contributed by atoms with Gasteiger partial charge >= 0.3 is 5.97 Å². The molecular formula is C14H20N2O3S. The van der Waals surface area contributed by atoms with Gasteiger partial charge in [0.15, 0.2) is 0 Å². The zero-order valence-electron chi connectivity index (χ0n) is 11.7. The third-order valence-corrected chi connectivity index (χ3v) is 3.59. The number of anilines is 1. The molecule has 0 aliphatic heterocycles. The number of nitrogens with one attached hydrogen (secondary N) is 1. The minimum Gasteiger partial charge on any atom is -0.469 e. The van der Waals surface area contributed by atoms with E-state index in [0.29, 0.717) is 12.2 Å². The Labute approximate surface area is 123 Å². The number of rotatable bonds is 7. The van der Waals surface area contributed by atoms with Crippen molar-refractivity contribution < 1.29 is 14.3 Å². The molecule has 0 aromatic heterocycles. The molecule has 3 N–H and O–H groups in total. The highest BCUT2D eigenvalue weighted by molar-refractivity contribution is 7.98. The first-order chi connectivity index (χ1) is 9.52. The van der Waals surface area contributed by atoms with Gasteiger partial charge in [0.2, 0.25) is 5.91 Å². The van der Waals surface area contributed by atoms with Crippen LogP contribution in [0.1, 0.15) is 18.9 Å². The number of carbonyl (C=O) groups is 2. The van der Waals surface area contributed by atoms with E-state index in [0.717, 1.165) is 17.0 Å². The first kappa shape index (κ1) is 16.5. The van der Waals surface area contributed by atoms with Gasteiger partial charge in [-0.2, -0.15) is 11.8 Å². The quantitative estimate of drug-likeness (QED) is 0.592. The van der Waals surface area contributed by atoms with E-state index in [9.17, 15) is 9.59 Å². The molecular weight excluding hydrogens is 276 g/mol. The highest BCUT2D eigenvalue weighted by atomic mass is 32.2. The van der Waals surface area contributed by atoms with Crippen molar-refractivity contribution in [3.63, 3.8) is 0 Å². The lowest BCUT2D eigenvalue weighted by Crippen LogP contribution is -2.32. The highest BCUT2D eigenvalue weighted by Crippen LogP contribution is 2.17. The molecule has 0 bridgehead atoms. The average molecular weight is 296 g/mol. The van der Waals surface area contributed by atoms with Gasteiger partial charge in [-0.1, -0.05) is 12.1 Å². The van der Waals surface area contributed by atoms with Gasteiger partial charge in [0, 0.05) is 17.2 Å². The molecule has 5 nitrogen and oxygen atoms in total. The first-order valence-electron chi connectivity index (χ1n) is 6.33. The lowest BCUT2D eigenvalue weighted by molar-refractivity contribution is -0.140. The Balaban J connectivity index is 2.43. The van der Waals surface area contributed by atoms with Gasteiger partial charge in [0.05, 0.1) is 19.6 Å². The lowest BCUT2D eigenvalue weighted by atomic mass is 10.2. The van der Waals surface area contributed by atoms with Crippen LogP contribution in [0, 0.1) is 0 Å². The molecule has 1 aromatic rings. The van der Waals surface area contributed by atoms with Crippen molar-refractivity contribution in [1.29, 1.82) is 0 Å². The molecule has 0 fully saturated rings. The zero-order valence-corrected chi connectivity index (χ0v) is 12.5. The Morgan fingerprint density at radius 2 is 2.20 bits per heavy atom. The van der Waals surface area contributed by atoms with Crippen LogP contribution in [0.3, 0.4) is 0 Å². The number of nitrogens with two attached hydrogens (primary N) is 1. The number of amides is 1. The molecule has 0 saturated carbocycles. The van der Waals surface area contributed by atoms with Crippen LogP contribution in [0.4, 0.5) is 5.69 Å². The molecule has 0 spiro atoms. The second-order valence-corrected chi connectivity index (χ2v) is 5.46. The summed E-state index contributed by atoms with van der Waals surface area (Å²) in [6.45, 7) is 1.64. The normalized spacial score (nSPS) is 11.8. The second kappa shape index (κ2) is 8.60. The number of methoxy groups -OCH3 is 1. The molecule has 6 heteroatoms.